The van der Waals surface area contributed by atoms with Crippen LogP contribution in [0.15, 0.2) is 47.4 Å². The number of benzene rings is 2. The number of non-ortho nitro benzene ring substituents is 1. The number of carbonyl (C=O) groups excluding carboxylic acids is 1. The fourth-order valence-electron chi connectivity index (χ4n) is 3.98. The molecule has 2 heterocycles. The van der Waals surface area contributed by atoms with Crippen molar-refractivity contribution in [1.29, 1.82) is 0 Å². The predicted molar refractivity (Wildman–Crippen MR) is 122 cm³/mol. The van der Waals surface area contributed by atoms with Crippen LogP contribution in [0.25, 0.3) is 10.2 Å². The zero-order chi connectivity index (χ0) is 23.0. The first-order valence-corrected chi connectivity index (χ1v) is 12.4. The molecule has 1 amide bonds. The second-order valence-corrected chi connectivity index (χ2v) is 11.1. The highest BCUT2D eigenvalue weighted by Gasteiger charge is 2.31. The molecule has 0 unspecified atom stereocenters. The average Bonchev–Trinajstić information content (AvgIpc) is 3.14. The summed E-state index contributed by atoms with van der Waals surface area (Å²) in [4.78, 5) is 27.5. The van der Waals surface area contributed by atoms with Gasteiger partial charge in [-0.3, -0.25) is 20.2 Å². The van der Waals surface area contributed by atoms with Crippen LogP contribution in [0.3, 0.4) is 0 Å². The van der Waals surface area contributed by atoms with E-state index in [9.17, 15) is 23.3 Å². The van der Waals surface area contributed by atoms with Gasteiger partial charge < -0.3 is 0 Å². The molecule has 0 spiro atoms. The van der Waals surface area contributed by atoms with Crippen molar-refractivity contribution in [2.45, 2.75) is 25.2 Å². The maximum absolute atomic E-state index is 13.0. The van der Waals surface area contributed by atoms with E-state index in [2.05, 4.69) is 10.3 Å². The number of nitro groups is 1. The standard InChI is InChI=1S/C21H22N4O5S2/c1-13-9-14(2)12-24(11-13)32(29,30)17-6-3-15(4-7-17)20(26)23-21-22-18-8-5-16(25(27)28)10-19(18)31-21/h3-8,10,13-14H,9,11-12H2,1-2H3,(H,22,23,26)/t13-,14+. The Bertz CT molecular complexity index is 1280. The Morgan fingerprint density at radius 1 is 1.16 bits per heavy atom. The summed E-state index contributed by atoms with van der Waals surface area (Å²) < 4.78 is 28.1. The molecular formula is C21H22N4O5S2. The smallest absolute Gasteiger partial charge is 0.270 e. The summed E-state index contributed by atoms with van der Waals surface area (Å²) in [7, 11) is -3.62. The number of piperidine rings is 1. The fourth-order valence-corrected chi connectivity index (χ4v) is 6.55. The number of carbonyl (C=O) groups is 1. The number of rotatable bonds is 5. The number of hydrogen-bond donors (Lipinski definition) is 1. The number of thiazole rings is 1. The molecule has 3 aromatic rings. The number of nitrogens with zero attached hydrogens (tertiary/aromatic N) is 3. The Morgan fingerprint density at radius 2 is 1.81 bits per heavy atom. The van der Waals surface area contributed by atoms with Crippen LogP contribution in [0.2, 0.25) is 0 Å². The highest BCUT2D eigenvalue weighted by molar-refractivity contribution is 7.89. The number of hydrogen-bond acceptors (Lipinski definition) is 7. The van der Waals surface area contributed by atoms with E-state index < -0.39 is 20.9 Å². The van der Waals surface area contributed by atoms with Crippen LogP contribution < -0.4 is 5.32 Å². The van der Waals surface area contributed by atoms with Gasteiger partial charge in [0.15, 0.2) is 5.13 Å². The molecule has 0 aliphatic carbocycles. The summed E-state index contributed by atoms with van der Waals surface area (Å²) in [5.74, 6) is 0.158. The van der Waals surface area contributed by atoms with Crippen LogP contribution in [-0.4, -0.2) is 41.6 Å². The number of sulfonamides is 1. The molecule has 1 N–H and O–H groups in total. The van der Waals surface area contributed by atoms with Crippen molar-refractivity contribution in [3.8, 4) is 0 Å². The molecular weight excluding hydrogens is 452 g/mol. The molecule has 1 saturated heterocycles. The van der Waals surface area contributed by atoms with E-state index in [1.165, 1.54) is 46.8 Å². The molecule has 1 aliphatic heterocycles. The maximum atomic E-state index is 13.0. The van der Waals surface area contributed by atoms with Gasteiger partial charge in [-0.15, -0.1) is 0 Å². The predicted octanol–water partition coefficient (Wildman–Crippen LogP) is 4.12. The largest absolute Gasteiger partial charge is 0.298 e. The first-order valence-electron chi connectivity index (χ1n) is 10.1. The van der Waals surface area contributed by atoms with Gasteiger partial charge in [0.05, 0.1) is 20.0 Å². The molecule has 2 atom stereocenters. The topological polar surface area (TPSA) is 123 Å². The van der Waals surface area contributed by atoms with E-state index >= 15 is 0 Å². The number of anilines is 1. The molecule has 9 nitrogen and oxygen atoms in total. The van der Waals surface area contributed by atoms with Gasteiger partial charge in [-0.05, 0) is 48.6 Å². The van der Waals surface area contributed by atoms with Gasteiger partial charge in [0.1, 0.15) is 0 Å². The lowest BCUT2D eigenvalue weighted by Gasteiger charge is -2.34. The Kier molecular flexibility index (Phi) is 5.97. The lowest BCUT2D eigenvalue weighted by atomic mass is 9.94. The summed E-state index contributed by atoms with van der Waals surface area (Å²) >= 11 is 1.13. The van der Waals surface area contributed by atoms with Crippen molar-refractivity contribution in [3.63, 3.8) is 0 Å². The van der Waals surface area contributed by atoms with Crippen LogP contribution in [-0.2, 0) is 10.0 Å². The van der Waals surface area contributed by atoms with Gasteiger partial charge in [0.2, 0.25) is 10.0 Å². The van der Waals surface area contributed by atoms with Gasteiger partial charge in [-0.25, -0.2) is 13.4 Å². The summed E-state index contributed by atoms with van der Waals surface area (Å²) in [6, 6.07) is 10.1. The van der Waals surface area contributed by atoms with Crippen molar-refractivity contribution < 1.29 is 18.1 Å². The molecule has 1 fully saturated rings. The van der Waals surface area contributed by atoms with Crippen LogP contribution in [0.1, 0.15) is 30.6 Å². The van der Waals surface area contributed by atoms with E-state index in [-0.39, 0.29) is 16.1 Å². The number of fused-ring (bicyclic) bond motifs is 1. The minimum atomic E-state index is -3.62. The number of aromatic nitrogens is 1. The molecule has 168 valence electrons. The zero-order valence-corrected chi connectivity index (χ0v) is 19.1. The molecule has 2 aromatic carbocycles. The Hall–Kier alpha value is -2.89. The van der Waals surface area contributed by atoms with E-state index in [1.807, 2.05) is 13.8 Å². The SMILES string of the molecule is C[C@@H]1C[C@H](C)CN(S(=O)(=O)c2ccc(C(=O)Nc3nc4ccc([N+](=O)[O-])cc4s3)cc2)C1. The summed E-state index contributed by atoms with van der Waals surface area (Å²) in [6.45, 7) is 5.08. The van der Waals surface area contributed by atoms with Crippen molar-refractivity contribution >= 4 is 48.3 Å². The third kappa shape index (κ3) is 4.50. The fraction of sp³-hybridized carbons (Fsp3) is 0.333. The summed E-state index contributed by atoms with van der Waals surface area (Å²) in [5.41, 5.74) is 0.783. The van der Waals surface area contributed by atoms with E-state index in [4.69, 9.17) is 0 Å². The summed E-state index contributed by atoms with van der Waals surface area (Å²) in [6.07, 6.45) is 1.00. The molecule has 1 aromatic heterocycles. The van der Waals surface area contributed by atoms with Gasteiger partial charge in [-0.2, -0.15) is 4.31 Å². The molecule has 32 heavy (non-hydrogen) atoms. The second-order valence-electron chi connectivity index (χ2n) is 8.17. The number of amides is 1. The quantitative estimate of drug-likeness (QED) is 0.438. The minimum Gasteiger partial charge on any atom is -0.298 e. The summed E-state index contributed by atoms with van der Waals surface area (Å²) in [5, 5.41) is 13.9. The molecule has 0 radical (unpaired) electrons. The minimum absolute atomic E-state index is 0.0479. The second kappa shape index (κ2) is 8.57. The highest BCUT2D eigenvalue weighted by atomic mass is 32.2. The third-order valence-corrected chi connectivity index (χ3v) is 8.17. The lowest BCUT2D eigenvalue weighted by Crippen LogP contribution is -2.42. The Labute approximate surface area is 189 Å². The molecule has 0 saturated carbocycles. The van der Waals surface area contributed by atoms with Crippen molar-refractivity contribution in [2.24, 2.45) is 11.8 Å². The van der Waals surface area contributed by atoms with E-state index in [0.717, 1.165) is 17.8 Å². The first kappa shape index (κ1) is 22.3. The monoisotopic (exact) mass is 474 g/mol. The molecule has 4 rings (SSSR count). The van der Waals surface area contributed by atoms with Gasteiger partial charge in [0.25, 0.3) is 11.6 Å². The number of nitro benzene ring substituents is 1. The van der Waals surface area contributed by atoms with Crippen molar-refractivity contribution in [1.82, 2.24) is 9.29 Å². The van der Waals surface area contributed by atoms with Crippen molar-refractivity contribution in [3.05, 3.63) is 58.1 Å². The number of nitrogens with one attached hydrogen (secondary N) is 1. The molecule has 1 aliphatic rings. The van der Waals surface area contributed by atoms with Crippen LogP contribution in [0.5, 0.6) is 0 Å². The maximum Gasteiger partial charge on any atom is 0.270 e. The van der Waals surface area contributed by atoms with E-state index in [0.29, 0.717) is 40.3 Å². The third-order valence-electron chi connectivity index (χ3n) is 5.39. The average molecular weight is 475 g/mol. The first-order chi connectivity index (χ1) is 15.1. The zero-order valence-electron chi connectivity index (χ0n) is 17.5. The lowest BCUT2D eigenvalue weighted by molar-refractivity contribution is -0.384. The van der Waals surface area contributed by atoms with Crippen LogP contribution in [0.4, 0.5) is 10.8 Å². The van der Waals surface area contributed by atoms with Crippen LogP contribution in [0, 0.1) is 22.0 Å². The Balaban J connectivity index is 1.49. The van der Waals surface area contributed by atoms with Crippen molar-refractivity contribution in [2.75, 3.05) is 18.4 Å². The molecule has 0 bridgehead atoms. The highest BCUT2D eigenvalue weighted by Crippen LogP contribution is 2.30. The molecule has 11 heteroatoms. The Morgan fingerprint density at radius 3 is 2.44 bits per heavy atom. The van der Waals surface area contributed by atoms with Gasteiger partial charge >= 0.3 is 0 Å². The van der Waals surface area contributed by atoms with E-state index in [1.54, 1.807) is 0 Å². The van der Waals surface area contributed by atoms with Gasteiger partial charge in [-0.1, -0.05) is 25.2 Å². The van der Waals surface area contributed by atoms with Crippen LogP contribution >= 0.6 is 11.3 Å². The van der Waals surface area contributed by atoms with Gasteiger partial charge in [0, 0.05) is 30.8 Å². The normalized spacial score (nSPS) is 19.7.